The number of amides is 1. The fourth-order valence-corrected chi connectivity index (χ4v) is 3.68. The first-order valence-electron chi connectivity index (χ1n) is 10.7. The van der Waals surface area contributed by atoms with E-state index >= 15 is 0 Å². The lowest BCUT2D eigenvalue weighted by Gasteiger charge is -2.15. The summed E-state index contributed by atoms with van der Waals surface area (Å²) in [6, 6.07) is 14.3. The summed E-state index contributed by atoms with van der Waals surface area (Å²) >= 11 is 0. The third-order valence-electron chi connectivity index (χ3n) is 5.51. The quantitative estimate of drug-likeness (QED) is 0.481. The van der Waals surface area contributed by atoms with Crippen LogP contribution in [0.15, 0.2) is 57.7 Å². The van der Waals surface area contributed by atoms with Crippen LogP contribution in [0.25, 0.3) is 11.0 Å². The van der Waals surface area contributed by atoms with Gasteiger partial charge in [-0.25, -0.2) is 4.79 Å². The van der Waals surface area contributed by atoms with Gasteiger partial charge in [0.05, 0.1) is 0 Å². The average Bonchev–Trinajstić information content (AvgIpc) is 2.75. The van der Waals surface area contributed by atoms with E-state index < -0.39 is 11.5 Å². The number of carbonyl (C=O) groups is 1. The van der Waals surface area contributed by atoms with Crippen LogP contribution in [0.4, 0.5) is 0 Å². The molecule has 2 aromatic carbocycles. The number of carbonyl (C=O) groups excluding carboxylic acids is 1. The van der Waals surface area contributed by atoms with Crippen molar-refractivity contribution in [2.24, 2.45) is 0 Å². The number of benzene rings is 2. The molecule has 1 unspecified atom stereocenters. The monoisotopic (exact) mass is 407 g/mol. The van der Waals surface area contributed by atoms with E-state index in [1.54, 1.807) is 30.3 Å². The highest BCUT2D eigenvalue weighted by Gasteiger charge is 2.15. The molecule has 1 aromatic heterocycles. The summed E-state index contributed by atoms with van der Waals surface area (Å²) in [6.45, 7) is 4.74. The van der Waals surface area contributed by atoms with E-state index in [0.29, 0.717) is 24.5 Å². The fourth-order valence-electron chi connectivity index (χ4n) is 3.68. The second-order valence-corrected chi connectivity index (χ2v) is 7.66. The van der Waals surface area contributed by atoms with Crippen molar-refractivity contribution < 1.29 is 14.3 Å². The van der Waals surface area contributed by atoms with Gasteiger partial charge < -0.3 is 14.8 Å². The lowest BCUT2D eigenvalue weighted by molar-refractivity contribution is 0.0950. The van der Waals surface area contributed by atoms with Crippen molar-refractivity contribution in [3.05, 3.63) is 75.6 Å². The van der Waals surface area contributed by atoms with Crippen molar-refractivity contribution in [2.75, 3.05) is 6.54 Å². The molecule has 3 rings (SSSR count). The lowest BCUT2D eigenvalue weighted by Crippen LogP contribution is -2.29. The summed E-state index contributed by atoms with van der Waals surface area (Å²) in [5, 5.41) is 12.8. The molecule has 0 aliphatic rings. The number of fused-ring (bicyclic) bond motifs is 1. The fraction of sp³-hybridized carbons (Fsp3) is 0.360. The van der Waals surface area contributed by atoms with Gasteiger partial charge in [0.15, 0.2) is 0 Å². The summed E-state index contributed by atoms with van der Waals surface area (Å²) in [4.78, 5) is 24.9. The SMILES string of the molecule is CCCCC(CC)c1ccc2cc(C(=O)NCCc3ccc(O)cc3)c(=O)oc2c1. The van der Waals surface area contributed by atoms with Crippen molar-refractivity contribution in [2.45, 2.75) is 51.9 Å². The molecule has 5 nitrogen and oxygen atoms in total. The number of phenols is 1. The van der Waals surface area contributed by atoms with Crippen LogP contribution in [0.3, 0.4) is 0 Å². The second-order valence-electron chi connectivity index (χ2n) is 7.66. The molecule has 5 heteroatoms. The summed E-state index contributed by atoms with van der Waals surface area (Å²) in [7, 11) is 0. The minimum absolute atomic E-state index is 0.0129. The number of hydrogen-bond acceptors (Lipinski definition) is 4. The van der Waals surface area contributed by atoms with Gasteiger partial charge in [-0.2, -0.15) is 0 Å². The maximum Gasteiger partial charge on any atom is 0.349 e. The highest BCUT2D eigenvalue weighted by atomic mass is 16.4. The van der Waals surface area contributed by atoms with Crippen LogP contribution in [-0.4, -0.2) is 17.6 Å². The zero-order valence-electron chi connectivity index (χ0n) is 17.6. The number of hydrogen-bond donors (Lipinski definition) is 2. The largest absolute Gasteiger partial charge is 0.508 e. The zero-order chi connectivity index (χ0) is 21.5. The number of unbranched alkanes of at least 4 members (excludes halogenated alkanes) is 1. The van der Waals surface area contributed by atoms with Gasteiger partial charge in [-0.15, -0.1) is 0 Å². The van der Waals surface area contributed by atoms with E-state index in [2.05, 4.69) is 25.2 Å². The molecule has 0 aliphatic heterocycles. The Hall–Kier alpha value is -3.08. The minimum Gasteiger partial charge on any atom is -0.508 e. The smallest absolute Gasteiger partial charge is 0.349 e. The second kappa shape index (κ2) is 10.1. The van der Waals surface area contributed by atoms with E-state index in [1.165, 1.54) is 12.0 Å². The average molecular weight is 408 g/mol. The van der Waals surface area contributed by atoms with Crippen LogP contribution < -0.4 is 10.9 Å². The third kappa shape index (κ3) is 5.29. The molecule has 0 saturated carbocycles. The van der Waals surface area contributed by atoms with Gasteiger partial charge >= 0.3 is 5.63 Å². The van der Waals surface area contributed by atoms with Crippen LogP contribution >= 0.6 is 0 Å². The standard InChI is InChI=1S/C25H29NO4/c1-3-5-6-18(4-2)19-9-10-20-15-22(25(29)30-23(20)16-19)24(28)26-14-13-17-7-11-21(27)12-8-17/h7-12,15-16,18,27H,3-6,13-14H2,1-2H3,(H,26,28). The van der Waals surface area contributed by atoms with Crippen LogP contribution in [-0.2, 0) is 6.42 Å². The first kappa shape index (κ1) is 21.6. The molecule has 0 aliphatic carbocycles. The van der Waals surface area contributed by atoms with Crippen molar-refractivity contribution in [1.82, 2.24) is 5.32 Å². The number of rotatable bonds is 9. The van der Waals surface area contributed by atoms with Crippen LogP contribution in [0.2, 0.25) is 0 Å². The van der Waals surface area contributed by atoms with E-state index in [0.717, 1.165) is 30.2 Å². The number of aromatic hydroxyl groups is 1. The summed E-state index contributed by atoms with van der Waals surface area (Å²) in [5.41, 5.74) is 2.07. The Labute approximate surface area is 176 Å². The highest BCUT2D eigenvalue weighted by Crippen LogP contribution is 2.28. The van der Waals surface area contributed by atoms with Crippen molar-refractivity contribution in [1.29, 1.82) is 0 Å². The van der Waals surface area contributed by atoms with E-state index in [-0.39, 0.29) is 11.3 Å². The molecule has 30 heavy (non-hydrogen) atoms. The Morgan fingerprint density at radius 2 is 1.87 bits per heavy atom. The molecule has 0 spiro atoms. The molecule has 1 heterocycles. The summed E-state index contributed by atoms with van der Waals surface area (Å²) in [6.07, 6.45) is 5.08. The predicted octanol–water partition coefficient (Wildman–Crippen LogP) is 5.15. The first-order valence-corrected chi connectivity index (χ1v) is 10.7. The van der Waals surface area contributed by atoms with Crippen molar-refractivity contribution >= 4 is 16.9 Å². The minimum atomic E-state index is -0.622. The normalized spacial score (nSPS) is 12.1. The van der Waals surface area contributed by atoms with E-state index in [9.17, 15) is 14.7 Å². The van der Waals surface area contributed by atoms with Crippen LogP contribution in [0, 0.1) is 0 Å². The third-order valence-corrected chi connectivity index (χ3v) is 5.51. The maximum absolute atomic E-state index is 12.5. The lowest BCUT2D eigenvalue weighted by atomic mass is 9.91. The Bertz CT molecular complexity index is 1050. The Morgan fingerprint density at radius 1 is 1.10 bits per heavy atom. The zero-order valence-corrected chi connectivity index (χ0v) is 17.6. The topological polar surface area (TPSA) is 79.5 Å². The van der Waals surface area contributed by atoms with E-state index in [1.807, 2.05) is 12.1 Å². The molecular formula is C25H29NO4. The molecule has 1 atom stereocenters. The predicted molar refractivity (Wildman–Crippen MR) is 119 cm³/mol. The Morgan fingerprint density at radius 3 is 2.57 bits per heavy atom. The van der Waals surface area contributed by atoms with Gasteiger partial charge in [-0.3, -0.25) is 4.79 Å². The molecule has 1 amide bonds. The molecular weight excluding hydrogens is 378 g/mol. The summed E-state index contributed by atoms with van der Waals surface area (Å²) in [5.74, 6) is 0.209. The summed E-state index contributed by atoms with van der Waals surface area (Å²) < 4.78 is 5.49. The van der Waals surface area contributed by atoms with Crippen LogP contribution in [0.1, 0.15) is 66.9 Å². The van der Waals surface area contributed by atoms with Gasteiger partial charge in [0.25, 0.3) is 5.91 Å². The molecule has 0 bridgehead atoms. The van der Waals surface area contributed by atoms with Gasteiger partial charge in [0.1, 0.15) is 16.9 Å². The van der Waals surface area contributed by atoms with Gasteiger partial charge in [-0.1, -0.05) is 51.0 Å². The van der Waals surface area contributed by atoms with Gasteiger partial charge in [0.2, 0.25) is 0 Å². The van der Waals surface area contributed by atoms with Crippen molar-refractivity contribution in [3.8, 4) is 5.75 Å². The van der Waals surface area contributed by atoms with Crippen molar-refractivity contribution in [3.63, 3.8) is 0 Å². The Balaban J connectivity index is 1.72. The molecule has 0 saturated heterocycles. The molecule has 0 fully saturated rings. The molecule has 2 N–H and O–H groups in total. The maximum atomic E-state index is 12.5. The van der Waals surface area contributed by atoms with E-state index in [4.69, 9.17) is 4.42 Å². The number of nitrogens with one attached hydrogen (secondary N) is 1. The molecule has 0 radical (unpaired) electrons. The number of phenolic OH excluding ortho intramolecular Hbond substituents is 1. The highest BCUT2D eigenvalue weighted by molar-refractivity contribution is 5.96. The first-order chi connectivity index (χ1) is 14.5. The molecule has 158 valence electrons. The van der Waals surface area contributed by atoms with Gasteiger partial charge in [-0.05, 0) is 60.6 Å². The van der Waals surface area contributed by atoms with Crippen LogP contribution in [0.5, 0.6) is 5.75 Å². The van der Waals surface area contributed by atoms with Gasteiger partial charge in [0, 0.05) is 11.9 Å². The molecule has 3 aromatic rings. The Kier molecular flexibility index (Phi) is 7.28.